The molecule has 0 spiro atoms. The Bertz CT molecular complexity index is 927. The van der Waals surface area contributed by atoms with Gasteiger partial charge in [-0.05, 0) is 56.4 Å². The fraction of sp³-hybridized carbons (Fsp3) is 0.435. The fourth-order valence-electron chi connectivity index (χ4n) is 3.59. The first-order chi connectivity index (χ1) is 14.6. The number of nitrogens with zero attached hydrogens (tertiary/aromatic N) is 2. The van der Waals surface area contributed by atoms with E-state index in [1.807, 2.05) is 41.5 Å². The molecule has 1 N–H and O–H groups in total. The smallest absolute Gasteiger partial charge is 0.244 e. The van der Waals surface area contributed by atoms with Crippen molar-refractivity contribution in [3.63, 3.8) is 0 Å². The summed E-state index contributed by atoms with van der Waals surface area (Å²) in [7, 11) is 0. The maximum absolute atomic E-state index is 12.3. The van der Waals surface area contributed by atoms with Crippen molar-refractivity contribution in [3.8, 4) is 5.75 Å². The molecule has 2 amide bonds. The van der Waals surface area contributed by atoms with Crippen LogP contribution in [0.2, 0.25) is 0 Å². The quantitative estimate of drug-likeness (QED) is 0.689. The normalized spacial score (nSPS) is 17.3. The topological polar surface area (TPSA) is 71.5 Å². The lowest BCUT2D eigenvalue weighted by Crippen LogP contribution is -2.46. The second kappa shape index (κ2) is 9.43. The molecule has 0 radical (unpaired) electrons. The first-order valence-electron chi connectivity index (χ1n) is 10.5. The Balaban J connectivity index is 1.23. The molecule has 1 aliphatic carbocycles. The minimum absolute atomic E-state index is 0.105. The molecule has 7 heteroatoms. The summed E-state index contributed by atoms with van der Waals surface area (Å²) in [6.07, 6.45) is 7.06. The Morgan fingerprint density at radius 2 is 2.07 bits per heavy atom. The second-order valence-corrected chi connectivity index (χ2v) is 9.00. The number of aromatic nitrogens is 1. The number of thiazole rings is 1. The summed E-state index contributed by atoms with van der Waals surface area (Å²) in [5.74, 6) is 1.21. The molecule has 6 nitrogen and oxygen atoms in total. The molecule has 2 fully saturated rings. The monoisotopic (exact) mass is 425 g/mol. The molecule has 0 unspecified atom stereocenters. The summed E-state index contributed by atoms with van der Waals surface area (Å²) in [4.78, 5) is 30.8. The number of piperidine rings is 1. The maximum Gasteiger partial charge on any atom is 0.244 e. The van der Waals surface area contributed by atoms with Gasteiger partial charge in [-0.1, -0.05) is 12.1 Å². The maximum atomic E-state index is 12.3. The molecule has 4 rings (SSSR count). The van der Waals surface area contributed by atoms with Crippen molar-refractivity contribution < 1.29 is 14.3 Å². The Kier molecular flexibility index (Phi) is 6.47. The first kappa shape index (κ1) is 20.6. The van der Waals surface area contributed by atoms with Crippen molar-refractivity contribution in [2.45, 2.75) is 45.3 Å². The van der Waals surface area contributed by atoms with E-state index >= 15 is 0 Å². The molecule has 0 bridgehead atoms. The van der Waals surface area contributed by atoms with E-state index in [1.165, 1.54) is 0 Å². The van der Waals surface area contributed by atoms with E-state index in [4.69, 9.17) is 4.74 Å². The zero-order chi connectivity index (χ0) is 20.9. The van der Waals surface area contributed by atoms with Crippen LogP contribution in [0.15, 0.2) is 35.7 Å². The number of carbonyl (C=O) groups excluding carboxylic acids is 2. The zero-order valence-corrected chi connectivity index (χ0v) is 18.0. The lowest BCUT2D eigenvalue weighted by molar-refractivity contribution is -0.133. The predicted octanol–water partition coefficient (Wildman–Crippen LogP) is 3.56. The van der Waals surface area contributed by atoms with Gasteiger partial charge in [0.1, 0.15) is 12.4 Å². The van der Waals surface area contributed by atoms with Gasteiger partial charge in [0.2, 0.25) is 11.8 Å². The Hall–Kier alpha value is -2.67. The molecule has 1 aliphatic heterocycles. The molecule has 0 atom stereocenters. The SMILES string of the molecule is Cc1nc(COc2cccc(/C=C/C(=O)NC3CCN(C(=O)C4CC4)CC3)c2)cs1. The summed E-state index contributed by atoms with van der Waals surface area (Å²) in [6.45, 7) is 3.88. The lowest BCUT2D eigenvalue weighted by atomic mass is 10.0. The number of benzene rings is 1. The van der Waals surface area contributed by atoms with Crippen molar-refractivity contribution >= 4 is 29.2 Å². The first-order valence-corrected chi connectivity index (χ1v) is 11.4. The zero-order valence-electron chi connectivity index (χ0n) is 17.2. The van der Waals surface area contributed by atoms with Gasteiger partial charge in [0, 0.05) is 36.5 Å². The lowest BCUT2D eigenvalue weighted by Gasteiger charge is -2.32. The van der Waals surface area contributed by atoms with Gasteiger partial charge in [-0.3, -0.25) is 9.59 Å². The van der Waals surface area contributed by atoms with Gasteiger partial charge in [-0.2, -0.15) is 0 Å². The number of rotatable bonds is 7. The number of carbonyl (C=O) groups is 2. The van der Waals surface area contributed by atoms with Crippen LogP contribution in [-0.2, 0) is 16.2 Å². The van der Waals surface area contributed by atoms with Crippen molar-refractivity contribution in [1.29, 1.82) is 0 Å². The van der Waals surface area contributed by atoms with Crippen LogP contribution in [0.4, 0.5) is 0 Å². The van der Waals surface area contributed by atoms with Gasteiger partial charge < -0.3 is 15.0 Å². The highest BCUT2D eigenvalue weighted by Crippen LogP contribution is 2.31. The summed E-state index contributed by atoms with van der Waals surface area (Å²) in [6, 6.07) is 7.78. The number of aryl methyl sites for hydroxylation is 1. The van der Waals surface area contributed by atoms with Gasteiger partial charge in [-0.25, -0.2) is 4.98 Å². The van der Waals surface area contributed by atoms with Gasteiger partial charge in [-0.15, -0.1) is 11.3 Å². The van der Waals surface area contributed by atoms with Crippen LogP contribution in [0, 0.1) is 12.8 Å². The Labute approximate surface area is 181 Å². The van der Waals surface area contributed by atoms with Crippen LogP contribution in [0.25, 0.3) is 6.08 Å². The van der Waals surface area contributed by atoms with Crippen LogP contribution in [-0.4, -0.2) is 40.8 Å². The predicted molar refractivity (Wildman–Crippen MR) is 117 cm³/mol. The van der Waals surface area contributed by atoms with Crippen LogP contribution < -0.4 is 10.1 Å². The van der Waals surface area contributed by atoms with Crippen LogP contribution >= 0.6 is 11.3 Å². The molecule has 30 heavy (non-hydrogen) atoms. The number of amides is 2. The fourth-order valence-corrected chi connectivity index (χ4v) is 4.19. The third kappa shape index (κ3) is 5.69. The molecule has 2 aliphatic rings. The van der Waals surface area contributed by atoms with E-state index in [2.05, 4.69) is 10.3 Å². The molecule has 1 saturated heterocycles. The summed E-state index contributed by atoms with van der Waals surface area (Å²) in [5.41, 5.74) is 1.82. The van der Waals surface area contributed by atoms with Gasteiger partial charge in [0.05, 0.1) is 10.7 Å². The third-order valence-electron chi connectivity index (χ3n) is 5.42. The van der Waals surface area contributed by atoms with Crippen LogP contribution in [0.1, 0.15) is 41.9 Å². The molecule has 1 saturated carbocycles. The van der Waals surface area contributed by atoms with Crippen molar-refractivity contribution in [2.75, 3.05) is 13.1 Å². The molecule has 2 aromatic rings. The number of ether oxygens (including phenoxy) is 1. The van der Waals surface area contributed by atoms with E-state index < -0.39 is 0 Å². The van der Waals surface area contributed by atoms with Gasteiger partial charge >= 0.3 is 0 Å². The third-order valence-corrected chi connectivity index (χ3v) is 6.24. The average Bonchev–Trinajstić information content (AvgIpc) is 3.52. The molecule has 1 aromatic carbocycles. The van der Waals surface area contributed by atoms with Crippen LogP contribution in [0.3, 0.4) is 0 Å². The average molecular weight is 426 g/mol. The molecular weight excluding hydrogens is 398 g/mol. The van der Waals surface area contributed by atoms with Crippen molar-refractivity contribution in [1.82, 2.24) is 15.2 Å². The van der Waals surface area contributed by atoms with E-state index in [0.717, 1.165) is 60.8 Å². The van der Waals surface area contributed by atoms with Crippen molar-refractivity contribution in [3.05, 3.63) is 52.0 Å². The molecule has 1 aromatic heterocycles. The highest BCUT2D eigenvalue weighted by molar-refractivity contribution is 7.09. The summed E-state index contributed by atoms with van der Waals surface area (Å²) < 4.78 is 5.80. The second-order valence-electron chi connectivity index (χ2n) is 7.93. The van der Waals surface area contributed by atoms with Gasteiger partial charge in [0.15, 0.2) is 0 Å². The number of nitrogens with one attached hydrogen (secondary N) is 1. The van der Waals surface area contributed by atoms with E-state index in [1.54, 1.807) is 23.5 Å². The number of hydrogen-bond acceptors (Lipinski definition) is 5. The molecular formula is C23H27N3O3S. The minimum atomic E-state index is -0.105. The molecule has 158 valence electrons. The number of likely N-dealkylation sites (tertiary alicyclic amines) is 1. The Morgan fingerprint density at radius 1 is 1.27 bits per heavy atom. The molecule has 2 heterocycles. The summed E-state index contributed by atoms with van der Waals surface area (Å²) in [5, 5.41) is 6.08. The largest absolute Gasteiger partial charge is 0.487 e. The Morgan fingerprint density at radius 3 is 2.77 bits per heavy atom. The summed E-state index contributed by atoms with van der Waals surface area (Å²) >= 11 is 1.61. The highest BCUT2D eigenvalue weighted by atomic mass is 32.1. The van der Waals surface area contributed by atoms with E-state index in [0.29, 0.717) is 12.5 Å². The van der Waals surface area contributed by atoms with E-state index in [-0.39, 0.29) is 17.9 Å². The standard InChI is InChI=1S/C23H27N3O3S/c1-16-24-20(15-30-16)14-29-21-4-2-3-17(13-21)5-8-22(27)25-19-9-11-26(12-10-19)23(28)18-6-7-18/h2-5,8,13,15,18-19H,6-7,9-12,14H2,1H3,(H,25,27)/b8-5+. The van der Waals surface area contributed by atoms with Gasteiger partial charge in [0.25, 0.3) is 0 Å². The van der Waals surface area contributed by atoms with Crippen LogP contribution in [0.5, 0.6) is 5.75 Å². The highest BCUT2D eigenvalue weighted by Gasteiger charge is 2.34. The number of hydrogen-bond donors (Lipinski definition) is 1. The van der Waals surface area contributed by atoms with E-state index in [9.17, 15) is 9.59 Å². The van der Waals surface area contributed by atoms with Crippen molar-refractivity contribution in [2.24, 2.45) is 5.92 Å². The minimum Gasteiger partial charge on any atom is -0.487 e.